The van der Waals surface area contributed by atoms with Crippen molar-refractivity contribution in [1.82, 2.24) is 4.57 Å². The van der Waals surface area contributed by atoms with Crippen LogP contribution in [0.3, 0.4) is 0 Å². The molecule has 2 aromatic rings. The number of nitrogen functional groups attached to an aromatic ring is 1. The predicted octanol–water partition coefficient (Wildman–Crippen LogP) is 1.42. The lowest BCUT2D eigenvalue weighted by molar-refractivity contribution is 0.0592. The second-order valence-corrected chi connectivity index (χ2v) is 4.47. The summed E-state index contributed by atoms with van der Waals surface area (Å²) in [6.07, 6.45) is 1.32. The first-order valence-corrected chi connectivity index (χ1v) is 6.35. The first kappa shape index (κ1) is 15.9. The highest BCUT2D eigenvalue weighted by Crippen LogP contribution is 2.30. The molecule has 8 nitrogen and oxygen atoms in total. The van der Waals surface area contributed by atoms with E-state index in [-0.39, 0.29) is 28.2 Å². The van der Waals surface area contributed by atoms with Crippen molar-refractivity contribution in [3.05, 3.63) is 41.2 Å². The number of aromatic carboxylic acids is 1. The Morgan fingerprint density at radius 2 is 2.04 bits per heavy atom. The first-order chi connectivity index (χ1) is 10.9. The molecule has 118 valence electrons. The number of carbonyl (C=O) groups is 2. The molecule has 0 aliphatic heterocycles. The Labute approximate surface area is 131 Å². The van der Waals surface area contributed by atoms with Gasteiger partial charge in [0.1, 0.15) is 11.8 Å². The fourth-order valence-corrected chi connectivity index (χ4v) is 2.12. The van der Waals surface area contributed by atoms with Gasteiger partial charge < -0.3 is 24.9 Å². The molecule has 1 heterocycles. The van der Waals surface area contributed by atoms with Crippen LogP contribution in [0.2, 0.25) is 0 Å². The standard InChI is InChI=1S/C15H13N3O5/c1-22-11-4-3-8(14(19)20)5-10(11)18-7-9(6-16)12(17)13(18)15(21)23-2/h3-5,7H,17H2,1-2H3,(H,19,20). The number of carboxylic acid groups (broad SMARTS) is 1. The number of ether oxygens (including phenoxy) is 2. The summed E-state index contributed by atoms with van der Waals surface area (Å²) in [4.78, 5) is 23.2. The van der Waals surface area contributed by atoms with Crippen LogP contribution >= 0.6 is 0 Å². The molecular formula is C15H13N3O5. The second kappa shape index (κ2) is 6.11. The quantitative estimate of drug-likeness (QED) is 0.816. The number of hydrogen-bond acceptors (Lipinski definition) is 6. The topological polar surface area (TPSA) is 128 Å². The molecule has 8 heteroatoms. The summed E-state index contributed by atoms with van der Waals surface area (Å²) in [5, 5.41) is 18.2. The number of nitriles is 1. The summed E-state index contributed by atoms with van der Waals surface area (Å²) in [5.41, 5.74) is 5.99. The molecule has 1 aromatic heterocycles. The Morgan fingerprint density at radius 1 is 1.35 bits per heavy atom. The van der Waals surface area contributed by atoms with Gasteiger partial charge in [0.05, 0.1) is 36.7 Å². The van der Waals surface area contributed by atoms with E-state index in [0.29, 0.717) is 5.75 Å². The number of esters is 1. The molecule has 0 aliphatic rings. The number of rotatable bonds is 4. The number of nitrogens with two attached hydrogens (primary N) is 1. The maximum atomic E-state index is 12.0. The fraction of sp³-hybridized carbons (Fsp3) is 0.133. The van der Waals surface area contributed by atoms with Crippen molar-refractivity contribution in [2.75, 3.05) is 20.0 Å². The predicted molar refractivity (Wildman–Crippen MR) is 79.7 cm³/mol. The highest BCUT2D eigenvalue weighted by molar-refractivity contribution is 5.96. The Hall–Kier alpha value is -3.47. The third-order valence-corrected chi connectivity index (χ3v) is 3.23. The van der Waals surface area contributed by atoms with E-state index in [1.165, 1.54) is 43.2 Å². The van der Waals surface area contributed by atoms with Gasteiger partial charge in [-0.05, 0) is 18.2 Å². The molecule has 0 spiro atoms. The third-order valence-electron chi connectivity index (χ3n) is 3.23. The lowest BCUT2D eigenvalue weighted by Gasteiger charge is -2.13. The molecule has 3 N–H and O–H groups in total. The maximum absolute atomic E-state index is 12.0. The molecule has 2 rings (SSSR count). The van der Waals surface area contributed by atoms with E-state index in [9.17, 15) is 9.59 Å². The molecule has 23 heavy (non-hydrogen) atoms. The number of carbonyl (C=O) groups excluding carboxylic acids is 1. The largest absolute Gasteiger partial charge is 0.495 e. The van der Waals surface area contributed by atoms with E-state index >= 15 is 0 Å². The molecule has 0 aliphatic carbocycles. The number of anilines is 1. The van der Waals surface area contributed by atoms with Gasteiger partial charge >= 0.3 is 11.9 Å². The SMILES string of the molecule is COC(=O)c1c(N)c(C#N)cn1-c1cc(C(=O)O)ccc1OC. The van der Waals surface area contributed by atoms with Gasteiger partial charge in [-0.15, -0.1) is 0 Å². The van der Waals surface area contributed by atoms with E-state index < -0.39 is 11.9 Å². The maximum Gasteiger partial charge on any atom is 0.357 e. The first-order valence-electron chi connectivity index (χ1n) is 6.35. The van der Waals surface area contributed by atoms with Gasteiger partial charge in [0.25, 0.3) is 0 Å². The Kier molecular flexibility index (Phi) is 4.23. The Balaban J connectivity index is 2.80. The number of aromatic nitrogens is 1. The number of methoxy groups -OCH3 is 2. The van der Waals surface area contributed by atoms with Gasteiger partial charge in [-0.2, -0.15) is 5.26 Å². The minimum Gasteiger partial charge on any atom is -0.495 e. The summed E-state index contributed by atoms with van der Waals surface area (Å²) < 4.78 is 11.2. The zero-order valence-corrected chi connectivity index (χ0v) is 12.4. The van der Waals surface area contributed by atoms with Gasteiger partial charge in [0.15, 0.2) is 5.69 Å². The molecule has 0 fully saturated rings. The zero-order valence-electron chi connectivity index (χ0n) is 12.4. The van der Waals surface area contributed by atoms with Crippen LogP contribution in [0.1, 0.15) is 26.4 Å². The summed E-state index contributed by atoms with van der Waals surface area (Å²) in [6, 6.07) is 5.99. The molecule has 0 saturated heterocycles. The van der Waals surface area contributed by atoms with Crippen LogP contribution in [0, 0.1) is 11.3 Å². The number of hydrogen-bond donors (Lipinski definition) is 2. The van der Waals surface area contributed by atoms with E-state index in [0.717, 1.165) is 0 Å². The molecule has 0 unspecified atom stereocenters. The lowest BCUT2D eigenvalue weighted by atomic mass is 10.2. The molecule has 0 bridgehead atoms. The van der Waals surface area contributed by atoms with Crippen molar-refractivity contribution >= 4 is 17.6 Å². The average molecular weight is 315 g/mol. The second-order valence-electron chi connectivity index (χ2n) is 4.47. The van der Waals surface area contributed by atoms with Crippen LogP contribution in [-0.4, -0.2) is 35.8 Å². The van der Waals surface area contributed by atoms with Crippen LogP contribution in [0.25, 0.3) is 5.69 Å². The van der Waals surface area contributed by atoms with Gasteiger partial charge in [-0.3, -0.25) is 0 Å². The summed E-state index contributed by atoms with van der Waals surface area (Å²) >= 11 is 0. The van der Waals surface area contributed by atoms with Crippen molar-refractivity contribution in [3.8, 4) is 17.5 Å². The average Bonchev–Trinajstić information content (AvgIpc) is 2.89. The molecule has 0 radical (unpaired) electrons. The van der Waals surface area contributed by atoms with Gasteiger partial charge in [-0.1, -0.05) is 0 Å². The van der Waals surface area contributed by atoms with Crippen molar-refractivity contribution in [3.63, 3.8) is 0 Å². The summed E-state index contributed by atoms with van der Waals surface area (Å²) in [6.45, 7) is 0. The summed E-state index contributed by atoms with van der Waals surface area (Å²) in [7, 11) is 2.57. The van der Waals surface area contributed by atoms with Gasteiger partial charge in [0.2, 0.25) is 0 Å². The van der Waals surface area contributed by atoms with E-state index in [4.69, 9.17) is 20.8 Å². The van der Waals surface area contributed by atoms with E-state index in [1.54, 1.807) is 0 Å². The minimum absolute atomic E-state index is 0.0117. The van der Waals surface area contributed by atoms with Crippen LogP contribution in [0.15, 0.2) is 24.4 Å². The fourth-order valence-electron chi connectivity index (χ4n) is 2.12. The molecule has 0 amide bonds. The minimum atomic E-state index is -1.14. The van der Waals surface area contributed by atoms with Crippen LogP contribution in [0.5, 0.6) is 5.75 Å². The van der Waals surface area contributed by atoms with Crippen LogP contribution in [-0.2, 0) is 4.74 Å². The van der Waals surface area contributed by atoms with Crippen molar-refractivity contribution in [1.29, 1.82) is 5.26 Å². The molecule has 0 saturated carbocycles. The van der Waals surface area contributed by atoms with Crippen LogP contribution < -0.4 is 10.5 Å². The van der Waals surface area contributed by atoms with E-state index in [1.807, 2.05) is 6.07 Å². The Bertz CT molecular complexity index is 832. The van der Waals surface area contributed by atoms with Gasteiger partial charge in [-0.25, -0.2) is 9.59 Å². The molecular weight excluding hydrogens is 302 g/mol. The molecule has 0 atom stereocenters. The number of nitrogens with zero attached hydrogens (tertiary/aromatic N) is 2. The third kappa shape index (κ3) is 2.67. The lowest BCUT2D eigenvalue weighted by Crippen LogP contribution is -2.12. The summed E-state index contributed by atoms with van der Waals surface area (Å²) in [5.74, 6) is -1.60. The zero-order chi connectivity index (χ0) is 17.1. The van der Waals surface area contributed by atoms with Crippen molar-refractivity contribution in [2.24, 2.45) is 0 Å². The Morgan fingerprint density at radius 3 is 2.57 bits per heavy atom. The van der Waals surface area contributed by atoms with Crippen molar-refractivity contribution in [2.45, 2.75) is 0 Å². The number of benzene rings is 1. The highest BCUT2D eigenvalue weighted by atomic mass is 16.5. The van der Waals surface area contributed by atoms with E-state index in [2.05, 4.69) is 4.74 Å². The van der Waals surface area contributed by atoms with Gasteiger partial charge in [0, 0.05) is 6.20 Å². The smallest absolute Gasteiger partial charge is 0.357 e. The van der Waals surface area contributed by atoms with Crippen LogP contribution in [0.4, 0.5) is 5.69 Å². The monoisotopic (exact) mass is 315 g/mol. The molecule has 1 aromatic carbocycles. The van der Waals surface area contributed by atoms with Crippen molar-refractivity contribution < 1.29 is 24.2 Å². The highest BCUT2D eigenvalue weighted by Gasteiger charge is 2.24. The normalized spacial score (nSPS) is 9.96. The number of carboxylic acids is 1.